The molecule has 3 heterocycles. The molecule has 1 N–H and O–H groups in total. The van der Waals surface area contributed by atoms with Gasteiger partial charge in [0.05, 0.1) is 25.1 Å². The van der Waals surface area contributed by atoms with Crippen LogP contribution in [0, 0.1) is 0 Å². The van der Waals surface area contributed by atoms with Gasteiger partial charge in [-0.15, -0.1) is 0 Å². The Morgan fingerprint density at radius 3 is 2.66 bits per heavy atom. The Balaban J connectivity index is 1.71. The van der Waals surface area contributed by atoms with Gasteiger partial charge in [0.2, 0.25) is 0 Å². The number of nitrogens with one attached hydrogen (secondary N) is 1. The van der Waals surface area contributed by atoms with Crippen molar-refractivity contribution in [2.24, 2.45) is 5.10 Å². The van der Waals surface area contributed by atoms with Gasteiger partial charge >= 0.3 is 0 Å². The number of aromatic nitrogens is 3. The van der Waals surface area contributed by atoms with E-state index in [-0.39, 0.29) is 0 Å². The number of benzene rings is 1. The van der Waals surface area contributed by atoms with Crippen LogP contribution in [-0.2, 0) is 4.74 Å². The minimum atomic E-state index is 0.635. The molecule has 0 atom stereocenters. The predicted octanol–water partition coefficient (Wildman–Crippen LogP) is 5.08. The lowest BCUT2D eigenvalue weighted by molar-refractivity contribution is 0.122. The van der Waals surface area contributed by atoms with E-state index >= 15 is 0 Å². The van der Waals surface area contributed by atoms with Crippen molar-refractivity contribution in [1.29, 1.82) is 0 Å². The fourth-order valence-electron chi connectivity index (χ4n) is 3.40. The molecule has 0 aliphatic carbocycles. The molecule has 8 heteroatoms. The molecule has 1 fully saturated rings. The quantitative estimate of drug-likeness (QED) is 0.283. The Morgan fingerprint density at radius 1 is 1.22 bits per heavy atom. The Morgan fingerprint density at radius 2 is 1.97 bits per heavy atom. The number of morpholine rings is 1. The van der Waals surface area contributed by atoms with E-state index in [1.54, 1.807) is 12.3 Å². The first kappa shape index (κ1) is 22.0. The number of ether oxygens (including phenoxy) is 1. The first-order chi connectivity index (χ1) is 15.5. The lowest BCUT2D eigenvalue weighted by Gasteiger charge is -2.29. The van der Waals surface area contributed by atoms with Crippen LogP contribution in [0.2, 0.25) is 0 Å². The molecule has 1 aromatic carbocycles. The SMILES string of the molecule is C=CC(/C=N/Nc1cc(N2CCOCC2)n2nc(-c3ccc(Br)cc3)cc2n1)=C\C(=C)C. The number of anilines is 2. The van der Waals surface area contributed by atoms with Gasteiger partial charge in [0.25, 0.3) is 0 Å². The molecule has 32 heavy (non-hydrogen) atoms. The van der Waals surface area contributed by atoms with E-state index in [9.17, 15) is 0 Å². The molecule has 1 aliphatic heterocycles. The molecule has 0 spiro atoms. The molecule has 1 saturated heterocycles. The maximum absolute atomic E-state index is 5.53. The monoisotopic (exact) mass is 492 g/mol. The molecule has 2 aromatic heterocycles. The summed E-state index contributed by atoms with van der Waals surface area (Å²) >= 11 is 3.49. The number of fused-ring (bicyclic) bond motifs is 1. The van der Waals surface area contributed by atoms with Crippen LogP contribution in [0.15, 0.2) is 82.4 Å². The van der Waals surface area contributed by atoms with Gasteiger partial charge in [-0.1, -0.05) is 58.9 Å². The number of halogens is 1. The molecular weight excluding hydrogens is 468 g/mol. The maximum Gasteiger partial charge on any atom is 0.160 e. The van der Waals surface area contributed by atoms with E-state index in [1.807, 2.05) is 53.9 Å². The van der Waals surface area contributed by atoms with Crippen LogP contribution < -0.4 is 10.3 Å². The minimum Gasteiger partial charge on any atom is -0.378 e. The molecule has 4 rings (SSSR count). The zero-order valence-electron chi connectivity index (χ0n) is 18.0. The van der Waals surface area contributed by atoms with Gasteiger partial charge in [0, 0.05) is 35.3 Å². The smallest absolute Gasteiger partial charge is 0.160 e. The van der Waals surface area contributed by atoms with Crippen LogP contribution >= 0.6 is 15.9 Å². The maximum atomic E-state index is 5.53. The summed E-state index contributed by atoms with van der Waals surface area (Å²) < 4.78 is 8.44. The zero-order chi connectivity index (χ0) is 22.5. The van der Waals surface area contributed by atoms with Gasteiger partial charge < -0.3 is 9.64 Å². The molecule has 7 nitrogen and oxygen atoms in total. The van der Waals surface area contributed by atoms with Crippen LogP contribution in [0.4, 0.5) is 11.6 Å². The highest BCUT2D eigenvalue weighted by molar-refractivity contribution is 9.10. The highest BCUT2D eigenvalue weighted by Gasteiger charge is 2.18. The minimum absolute atomic E-state index is 0.635. The van der Waals surface area contributed by atoms with Crippen molar-refractivity contribution >= 4 is 39.4 Å². The number of hydrogen-bond acceptors (Lipinski definition) is 6. The van der Waals surface area contributed by atoms with Crippen molar-refractivity contribution < 1.29 is 4.74 Å². The molecule has 164 valence electrons. The van der Waals surface area contributed by atoms with E-state index < -0.39 is 0 Å². The second-order valence-electron chi connectivity index (χ2n) is 7.47. The lowest BCUT2D eigenvalue weighted by atomic mass is 10.2. The molecule has 0 unspecified atom stereocenters. The number of allylic oxidation sites excluding steroid dienone is 4. The lowest BCUT2D eigenvalue weighted by Crippen LogP contribution is -2.37. The third-order valence-electron chi connectivity index (χ3n) is 4.92. The molecule has 3 aromatic rings. The highest BCUT2D eigenvalue weighted by atomic mass is 79.9. The predicted molar refractivity (Wildman–Crippen MR) is 134 cm³/mol. The third kappa shape index (κ3) is 5.15. The van der Waals surface area contributed by atoms with Crippen molar-refractivity contribution in [2.45, 2.75) is 6.92 Å². The van der Waals surface area contributed by atoms with Gasteiger partial charge in [0.1, 0.15) is 5.82 Å². The fraction of sp³-hybridized carbons (Fsp3) is 0.208. The average Bonchev–Trinajstić information content (AvgIpc) is 3.23. The van der Waals surface area contributed by atoms with E-state index in [0.717, 1.165) is 51.4 Å². The summed E-state index contributed by atoms with van der Waals surface area (Å²) in [6.45, 7) is 12.6. The van der Waals surface area contributed by atoms with Gasteiger partial charge in [0.15, 0.2) is 11.5 Å². The van der Waals surface area contributed by atoms with Gasteiger partial charge in [-0.25, -0.2) is 4.98 Å². The van der Waals surface area contributed by atoms with E-state index in [1.165, 1.54) is 0 Å². The topological polar surface area (TPSA) is 67.0 Å². The number of nitrogens with zero attached hydrogens (tertiary/aromatic N) is 5. The number of rotatable bonds is 7. The Bertz CT molecular complexity index is 1190. The molecule has 1 aliphatic rings. The zero-order valence-corrected chi connectivity index (χ0v) is 19.5. The van der Waals surface area contributed by atoms with Gasteiger partial charge in [-0.05, 0) is 24.6 Å². The Kier molecular flexibility index (Phi) is 6.82. The first-order valence-electron chi connectivity index (χ1n) is 10.3. The van der Waals surface area contributed by atoms with E-state index in [2.05, 4.69) is 44.5 Å². The normalized spacial score (nSPS) is 14.8. The van der Waals surface area contributed by atoms with Crippen LogP contribution in [0.5, 0.6) is 0 Å². The summed E-state index contributed by atoms with van der Waals surface area (Å²) in [5.41, 5.74) is 7.47. The Labute approximate surface area is 195 Å². The standard InChI is InChI=1S/C24H25BrN6O/c1-4-18(13-17(2)3)16-26-28-22-15-24(30-9-11-32-12-10-30)31-23(27-22)14-21(29-31)19-5-7-20(25)8-6-19/h4-8,13-16H,1-2,9-12H2,3H3,(H,27,28)/b18-13+,26-16+. The largest absolute Gasteiger partial charge is 0.378 e. The average molecular weight is 493 g/mol. The third-order valence-corrected chi connectivity index (χ3v) is 5.45. The summed E-state index contributed by atoms with van der Waals surface area (Å²) in [7, 11) is 0. The summed E-state index contributed by atoms with van der Waals surface area (Å²) in [5.74, 6) is 1.58. The van der Waals surface area contributed by atoms with Crippen LogP contribution in [0.1, 0.15) is 6.92 Å². The molecular formula is C24H25BrN6O. The Hall–Kier alpha value is -3.23. The van der Waals surface area contributed by atoms with Crippen LogP contribution in [-0.4, -0.2) is 47.1 Å². The van der Waals surface area contributed by atoms with E-state index in [4.69, 9.17) is 14.8 Å². The molecule has 0 amide bonds. The van der Waals surface area contributed by atoms with Gasteiger partial charge in [-0.2, -0.15) is 14.7 Å². The van der Waals surface area contributed by atoms with Crippen molar-refractivity contribution in [3.63, 3.8) is 0 Å². The molecule has 0 radical (unpaired) electrons. The summed E-state index contributed by atoms with van der Waals surface area (Å²) in [5, 5.41) is 9.18. The van der Waals surface area contributed by atoms with Gasteiger partial charge in [-0.3, -0.25) is 5.43 Å². The van der Waals surface area contributed by atoms with Crippen molar-refractivity contribution in [1.82, 2.24) is 14.6 Å². The summed E-state index contributed by atoms with van der Waals surface area (Å²) in [4.78, 5) is 6.98. The summed E-state index contributed by atoms with van der Waals surface area (Å²) in [6.07, 6.45) is 5.35. The number of hydrogen-bond donors (Lipinski definition) is 1. The van der Waals surface area contributed by atoms with Crippen molar-refractivity contribution in [3.8, 4) is 11.3 Å². The molecule has 0 bridgehead atoms. The molecule has 0 saturated carbocycles. The highest BCUT2D eigenvalue weighted by Crippen LogP contribution is 2.26. The van der Waals surface area contributed by atoms with Crippen molar-refractivity contribution in [2.75, 3.05) is 36.6 Å². The first-order valence-corrected chi connectivity index (χ1v) is 11.1. The fourth-order valence-corrected chi connectivity index (χ4v) is 3.67. The van der Waals surface area contributed by atoms with Crippen molar-refractivity contribution in [3.05, 3.63) is 77.3 Å². The van der Waals surface area contributed by atoms with Crippen LogP contribution in [0.3, 0.4) is 0 Å². The van der Waals surface area contributed by atoms with Crippen LogP contribution in [0.25, 0.3) is 16.9 Å². The number of hydrazone groups is 1. The second-order valence-corrected chi connectivity index (χ2v) is 8.39. The van der Waals surface area contributed by atoms with E-state index in [0.29, 0.717) is 19.0 Å². The second kappa shape index (κ2) is 9.93. The summed E-state index contributed by atoms with van der Waals surface area (Å²) in [6, 6.07) is 12.0.